The van der Waals surface area contributed by atoms with Crippen LogP contribution in [-0.2, 0) is 10.0 Å². The third-order valence-electron chi connectivity index (χ3n) is 2.16. The Morgan fingerprint density at radius 1 is 1.26 bits per heavy atom. The van der Waals surface area contributed by atoms with Crippen LogP contribution in [0.4, 0.5) is 5.82 Å². The Bertz CT molecular complexity index is 755. The van der Waals surface area contributed by atoms with Crippen LogP contribution in [0, 0.1) is 11.3 Å². The lowest BCUT2D eigenvalue weighted by molar-refractivity contribution is 0.601. The van der Waals surface area contributed by atoms with E-state index in [1.807, 2.05) is 6.07 Å². The van der Waals surface area contributed by atoms with Crippen LogP contribution in [0.15, 0.2) is 41.4 Å². The summed E-state index contributed by atoms with van der Waals surface area (Å²) in [6.07, 6.45) is 1.32. The van der Waals surface area contributed by atoms with Gasteiger partial charge in [-0.05, 0) is 29.8 Å². The predicted octanol–water partition coefficient (Wildman–Crippen LogP) is 1.80. The molecule has 8 heteroatoms. The first kappa shape index (κ1) is 13.3. The summed E-state index contributed by atoms with van der Waals surface area (Å²) < 4.78 is 26.5. The van der Waals surface area contributed by atoms with E-state index in [-0.39, 0.29) is 21.6 Å². The monoisotopic (exact) mass is 294 g/mol. The zero-order chi connectivity index (χ0) is 13.9. The summed E-state index contributed by atoms with van der Waals surface area (Å²) in [7, 11) is -3.89. The van der Waals surface area contributed by atoms with E-state index < -0.39 is 10.0 Å². The van der Waals surface area contributed by atoms with Crippen LogP contribution in [0.3, 0.4) is 0 Å². The van der Waals surface area contributed by atoms with Gasteiger partial charge < -0.3 is 0 Å². The number of nitrogens with zero attached hydrogens (tertiary/aromatic N) is 3. The lowest BCUT2D eigenvalue weighted by Gasteiger charge is -2.08. The third-order valence-corrected chi connectivity index (χ3v) is 3.76. The second-order valence-corrected chi connectivity index (χ2v) is 5.41. The molecule has 1 aromatic carbocycles. The van der Waals surface area contributed by atoms with E-state index in [1.54, 1.807) is 6.07 Å². The molecule has 0 aliphatic heterocycles. The van der Waals surface area contributed by atoms with Gasteiger partial charge in [-0.25, -0.2) is 13.4 Å². The molecule has 0 saturated carbocycles. The third kappa shape index (κ3) is 2.99. The van der Waals surface area contributed by atoms with Crippen LogP contribution in [0.5, 0.6) is 0 Å². The fourth-order valence-corrected chi connectivity index (χ4v) is 2.69. The number of halogens is 1. The maximum atomic E-state index is 12.1. The number of nitrogens with one attached hydrogen (secondary N) is 1. The largest absolute Gasteiger partial charge is 0.264 e. The lowest BCUT2D eigenvalue weighted by atomic mass is 10.2. The Hall–Kier alpha value is -2.17. The van der Waals surface area contributed by atoms with Gasteiger partial charge in [-0.2, -0.15) is 10.2 Å². The second-order valence-electron chi connectivity index (χ2n) is 3.42. The van der Waals surface area contributed by atoms with E-state index in [2.05, 4.69) is 14.7 Å². The minimum Gasteiger partial charge on any atom is -0.263 e. The Kier molecular flexibility index (Phi) is 3.64. The van der Waals surface area contributed by atoms with Crippen LogP contribution < -0.4 is 4.72 Å². The maximum Gasteiger partial charge on any atom is 0.264 e. The molecule has 2 aromatic rings. The van der Waals surface area contributed by atoms with Gasteiger partial charge in [0.15, 0.2) is 0 Å². The number of nitriles is 1. The van der Waals surface area contributed by atoms with Gasteiger partial charge in [0.1, 0.15) is 16.8 Å². The number of benzene rings is 1. The standard InChI is InChI=1S/C11H7ClN4O2S/c12-11-14-6-5-10(15-11)16-19(17,18)9-4-2-1-3-8(9)7-13/h1-6H,(H,14,15,16). The number of sulfonamides is 1. The van der Waals surface area contributed by atoms with Crippen molar-refractivity contribution >= 4 is 27.4 Å². The average molecular weight is 295 g/mol. The quantitative estimate of drug-likeness (QED) is 0.871. The summed E-state index contributed by atoms with van der Waals surface area (Å²) in [5.41, 5.74) is 0.0511. The molecular formula is C11H7ClN4O2S. The summed E-state index contributed by atoms with van der Waals surface area (Å²) in [4.78, 5) is 7.25. The van der Waals surface area contributed by atoms with Gasteiger partial charge in [0.25, 0.3) is 10.0 Å². The number of hydrogen-bond donors (Lipinski definition) is 1. The topological polar surface area (TPSA) is 95.7 Å². The molecular weight excluding hydrogens is 288 g/mol. The second kappa shape index (κ2) is 5.22. The van der Waals surface area contributed by atoms with Gasteiger partial charge in [0.2, 0.25) is 5.28 Å². The van der Waals surface area contributed by atoms with E-state index >= 15 is 0 Å². The first-order valence-corrected chi connectivity index (χ1v) is 6.89. The van der Waals surface area contributed by atoms with Crippen LogP contribution in [-0.4, -0.2) is 18.4 Å². The van der Waals surface area contributed by atoms with Crippen LogP contribution >= 0.6 is 11.6 Å². The molecule has 0 radical (unpaired) electrons. The SMILES string of the molecule is N#Cc1ccccc1S(=O)(=O)Nc1ccnc(Cl)n1. The Morgan fingerprint density at radius 3 is 2.68 bits per heavy atom. The normalized spacial score (nSPS) is 10.7. The molecule has 0 atom stereocenters. The fraction of sp³-hybridized carbons (Fsp3) is 0. The highest BCUT2D eigenvalue weighted by atomic mass is 35.5. The van der Waals surface area contributed by atoms with E-state index in [0.717, 1.165) is 0 Å². The fourth-order valence-electron chi connectivity index (χ4n) is 1.38. The molecule has 96 valence electrons. The molecule has 2 rings (SSSR count). The van der Waals surface area contributed by atoms with Crippen molar-refractivity contribution in [2.75, 3.05) is 4.72 Å². The summed E-state index contributed by atoms with van der Waals surface area (Å²) in [6.45, 7) is 0. The van der Waals surface area contributed by atoms with E-state index in [1.165, 1.54) is 30.5 Å². The van der Waals surface area contributed by atoms with Crippen molar-refractivity contribution in [2.24, 2.45) is 0 Å². The van der Waals surface area contributed by atoms with Crippen molar-refractivity contribution in [1.82, 2.24) is 9.97 Å². The van der Waals surface area contributed by atoms with Gasteiger partial charge in [-0.3, -0.25) is 4.72 Å². The summed E-state index contributed by atoms with van der Waals surface area (Å²) in [5, 5.41) is 8.83. The van der Waals surface area contributed by atoms with Gasteiger partial charge in [0.05, 0.1) is 5.56 Å². The highest BCUT2D eigenvalue weighted by molar-refractivity contribution is 7.92. The molecule has 0 amide bonds. The van der Waals surface area contributed by atoms with Gasteiger partial charge in [-0.1, -0.05) is 12.1 Å². The predicted molar refractivity (Wildman–Crippen MR) is 69.0 cm³/mol. The average Bonchev–Trinajstić information content (AvgIpc) is 2.38. The minimum absolute atomic E-state index is 0.0349. The Labute approximate surface area is 114 Å². The molecule has 1 heterocycles. The highest BCUT2D eigenvalue weighted by Gasteiger charge is 2.18. The molecule has 0 spiro atoms. The van der Waals surface area contributed by atoms with E-state index in [9.17, 15) is 8.42 Å². The van der Waals surface area contributed by atoms with Crippen molar-refractivity contribution in [3.63, 3.8) is 0 Å². The molecule has 1 aromatic heterocycles. The molecule has 0 aliphatic rings. The number of aromatic nitrogens is 2. The first-order valence-electron chi connectivity index (χ1n) is 5.03. The number of rotatable bonds is 3. The zero-order valence-electron chi connectivity index (χ0n) is 9.41. The molecule has 0 fully saturated rings. The van der Waals surface area contributed by atoms with Crippen LogP contribution in [0.2, 0.25) is 5.28 Å². The zero-order valence-corrected chi connectivity index (χ0v) is 11.0. The molecule has 0 saturated heterocycles. The molecule has 19 heavy (non-hydrogen) atoms. The summed E-state index contributed by atoms with van der Waals surface area (Å²) >= 11 is 5.57. The molecule has 1 N–H and O–H groups in total. The van der Waals surface area contributed by atoms with Crippen LogP contribution in [0.1, 0.15) is 5.56 Å². The maximum absolute atomic E-state index is 12.1. The molecule has 0 aliphatic carbocycles. The first-order chi connectivity index (χ1) is 9.03. The van der Waals surface area contributed by atoms with Crippen molar-refractivity contribution in [3.05, 3.63) is 47.4 Å². The van der Waals surface area contributed by atoms with Crippen molar-refractivity contribution in [1.29, 1.82) is 5.26 Å². The molecule has 0 unspecified atom stereocenters. The molecule has 6 nitrogen and oxygen atoms in total. The van der Waals surface area contributed by atoms with Crippen LogP contribution in [0.25, 0.3) is 0 Å². The van der Waals surface area contributed by atoms with E-state index in [0.29, 0.717) is 0 Å². The van der Waals surface area contributed by atoms with Crippen molar-refractivity contribution < 1.29 is 8.42 Å². The lowest BCUT2D eigenvalue weighted by Crippen LogP contribution is -2.15. The number of hydrogen-bond acceptors (Lipinski definition) is 5. The Balaban J connectivity index is 2.41. The summed E-state index contributed by atoms with van der Waals surface area (Å²) in [5.74, 6) is 0.0349. The van der Waals surface area contributed by atoms with Crippen molar-refractivity contribution in [2.45, 2.75) is 4.90 Å². The highest BCUT2D eigenvalue weighted by Crippen LogP contribution is 2.18. The minimum atomic E-state index is -3.89. The molecule has 0 bridgehead atoms. The Morgan fingerprint density at radius 2 is 2.00 bits per heavy atom. The van der Waals surface area contributed by atoms with Gasteiger partial charge in [0, 0.05) is 6.20 Å². The smallest absolute Gasteiger partial charge is 0.263 e. The van der Waals surface area contributed by atoms with Gasteiger partial charge in [-0.15, -0.1) is 0 Å². The van der Waals surface area contributed by atoms with Crippen molar-refractivity contribution in [3.8, 4) is 6.07 Å². The summed E-state index contributed by atoms with van der Waals surface area (Å²) in [6, 6.07) is 9.05. The number of anilines is 1. The van der Waals surface area contributed by atoms with Gasteiger partial charge >= 0.3 is 0 Å². The van der Waals surface area contributed by atoms with E-state index in [4.69, 9.17) is 16.9 Å².